The van der Waals surface area contributed by atoms with Gasteiger partial charge in [0.15, 0.2) is 0 Å². The first-order valence-corrected chi connectivity index (χ1v) is 8.66. The molecule has 0 spiro atoms. The molecular formula is C19H19N3OS. The molecule has 3 aromatic rings. The third kappa shape index (κ3) is 3.68. The standard InChI is InChI=1S/C19H19N3OS/c1-14-6-3-4-8-17(14)12-22(11-16-7-5-9-20-10-16)19(23)18-15(2)21-13-24-18/h3-10,13H,11-12H2,1-2H3. The van der Waals surface area contributed by atoms with Crippen molar-refractivity contribution in [3.63, 3.8) is 0 Å². The predicted molar refractivity (Wildman–Crippen MR) is 95.8 cm³/mol. The van der Waals surface area contributed by atoms with Crippen LogP contribution in [0.4, 0.5) is 0 Å². The van der Waals surface area contributed by atoms with Gasteiger partial charge in [-0.05, 0) is 36.6 Å². The highest BCUT2D eigenvalue weighted by Gasteiger charge is 2.21. The quantitative estimate of drug-likeness (QED) is 0.707. The summed E-state index contributed by atoms with van der Waals surface area (Å²) in [6, 6.07) is 12.0. The maximum Gasteiger partial charge on any atom is 0.266 e. The zero-order chi connectivity index (χ0) is 16.9. The summed E-state index contributed by atoms with van der Waals surface area (Å²) >= 11 is 1.39. The van der Waals surface area contributed by atoms with Crippen molar-refractivity contribution in [3.05, 3.63) is 81.6 Å². The average molecular weight is 337 g/mol. The minimum Gasteiger partial charge on any atom is -0.329 e. The number of aromatic nitrogens is 2. The molecule has 1 aromatic carbocycles. The molecule has 122 valence electrons. The number of rotatable bonds is 5. The van der Waals surface area contributed by atoms with Crippen LogP contribution in [-0.4, -0.2) is 20.8 Å². The summed E-state index contributed by atoms with van der Waals surface area (Å²) in [7, 11) is 0. The van der Waals surface area contributed by atoms with E-state index in [0.717, 1.165) is 16.8 Å². The Bertz CT molecular complexity index is 829. The molecule has 0 N–H and O–H groups in total. The fourth-order valence-corrected chi connectivity index (χ4v) is 3.32. The molecule has 0 aliphatic carbocycles. The zero-order valence-electron chi connectivity index (χ0n) is 13.8. The van der Waals surface area contributed by atoms with E-state index in [1.807, 2.05) is 36.1 Å². The normalized spacial score (nSPS) is 10.6. The first-order chi connectivity index (χ1) is 11.6. The minimum absolute atomic E-state index is 0.0158. The number of amides is 1. The lowest BCUT2D eigenvalue weighted by molar-refractivity contribution is 0.0733. The van der Waals surface area contributed by atoms with Crippen molar-refractivity contribution >= 4 is 17.2 Å². The molecule has 0 fully saturated rings. The second-order valence-corrected chi connectivity index (χ2v) is 6.57. The molecule has 0 saturated carbocycles. The van der Waals surface area contributed by atoms with Crippen LogP contribution in [0.25, 0.3) is 0 Å². The van der Waals surface area contributed by atoms with Gasteiger partial charge in [-0.1, -0.05) is 30.3 Å². The number of carbonyl (C=O) groups is 1. The van der Waals surface area contributed by atoms with Gasteiger partial charge in [-0.25, -0.2) is 4.98 Å². The van der Waals surface area contributed by atoms with Crippen LogP contribution in [0.15, 0.2) is 54.3 Å². The van der Waals surface area contributed by atoms with Crippen LogP contribution in [0.5, 0.6) is 0 Å². The van der Waals surface area contributed by atoms with Crippen LogP contribution in [0.1, 0.15) is 32.1 Å². The molecule has 0 radical (unpaired) electrons. The molecule has 0 aliphatic rings. The highest BCUT2D eigenvalue weighted by Crippen LogP contribution is 2.20. The SMILES string of the molecule is Cc1ccccc1CN(Cc1cccnc1)C(=O)c1scnc1C. The van der Waals surface area contributed by atoms with Gasteiger partial charge in [-0.3, -0.25) is 9.78 Å². The monoisotopic (exact) mass is 337 g/mol. The van der Waals surface area contributed by atoms with Crippen LogP contribution in [0.3, 0.4) is 0 Å². The number of aryl methyl sites for hydroxylation is 2. The van der Waals surface area contributed by atoms with Gasteiger partial charge < -0.3 is 4.90 Å². The largest absolute Gasteiger partial charge is 0.329 e. The average Bonchev–Trinajstić information content (AvgIpc) is 3.02. The van der Waals surface area contributed by atoms with E-state index in [4.69, 9.17) is 0 Å². The molecular weight excluding hydrogens is 318 g/mol. The molecule has 0 bridgehead atoms. The fraction of sp³-hybridized carbons (Fsp3) is 0.211. The van der Waals surface area contributed by atoms with Crippen LogP contribution in [0, 0.1) is 13.8 Å². The van der Waals surface area contributed by atoms with E-state index < -0.39 is 0 Å². The molecule has 4 nitrogen and oxygen atoms in total. The molecule has 2 heterocycles. The summed E-state index contributed by atoms with van der Waals surface area (Å²) in [6.07, 6.45) is 3.54. The maximum absolute atomic E-state index is 13.0. The van der Waals surface area contributed by atoms with Gasteiger partial charge in [-0.2, -0.15) is 0 Å². The van der Waals surface area contributed by atoms with Gasteiger partial charge in [0.25, 0.3) is 5.91 Å². The van der Waals surface area contributed by atoms with Crippen LogP contribution >= 0.6 is 11.3 Å². The topological polar surface area (TPSA) is 46.1 Å². The first-order valence-electron chi connectivity index (χ1n) is 7.78. The molecule has 0 atom stereocenters. The summed E-state index contributed by atoms with van der Waals surface area (Å²) in [5.41, 5.74) is 5.85. The number of nitrogens with zero attached hydrogens (tertiary/aromatic N) is 3. The Hall–Kier alpha value is -2.53. The van der Waals surface area contributed by atoms with Crippen LogP contribution in [0.2, 0.25) is 0 Å². The van der Waals surface area contributed by atoms with Gasteiger partial charge >= 0.3 is 0 Å². The molecule has 5 heteroatoms. The lowest BCUT2D eigenvalue weighted by Gasteiger charge is -2.23. The second-order valence-electron chi connectivity index (χ2n) is 5.72. The van der Waals surface area contributed by atoms with E-state index in [1.54, 1.807) is 17.9 Å². The van der Waals surface area contributed by atoms with Crippen LogP contribution in [-0.2, 0) is 13.1 Å². The lowest BCUT2D eigenvalue weighted by atomic mass is 10.1. The van der Waals surface area contributed by atoms with E-state index in [9.17, 15) is 4.79 Å². The summed E-state index contributed by atoms with van der Waals surface area (Å²) in [4.78, 5) is 23.9. The number of benzene rings is 1. The van der Waals surface area contributed by atoms with Gasteiger partial charge in [0, 0.05) is 25.5 Å². The van der Waals surface area contributed by atoms with E-state index >= 15 is 0 Å². The summed E-state index contributed by atoms with van der Waals surface area (Å²) in [5, 5.41) is 0. The molecule has 0 saturated heterocycles. The Labute approximate surface area is 145 Å². The number of thiazole rings is 1. The number of pyridine rings is 1. The van der Waals surface area contributed by atoms with Crippen LogP contribution < -0.4 is 0 Å². The van der Waals surface area contributed by atoms with Gasteiger partial charge in [0.1, 0.15) is 4.88 Å². The van der Waals surface area contributed by atoms with Crippen molar-refractivity contribution in [1.82, 2.24) is 14.9 Å². The minimum atomic E-state index is 0.0158. The number of hydrogen-bond donors (Lipinski definition) is 0. The highest BCUT2D eigenvalue weighted by molar-refractivity contribution is 7.11. The molecule has 24 heavy (non-hydrogen) atoms. The van der Waals surface area contributed by atoms with Gasteiger partial charge in [0.2, 0.25) is 0 Å². The first kappa shape index (κ1) is 16.3. The number of hydrogen-bond acceptors (Lipinski definition) is 4. The van der Waals surface area contributed by atoms with Crippen molar-refractivity contribution < 1.29 is 4.79 Å². The summed E-state index contributed by atoms with van der Waals surface area (Å²) < 4.78 is 0. The fourth-order valence-electron chi connectivity index (χ4n) is 2.56. The second kappa shape index (κ2) is 7.36. The zero-order valence-corrected chi connectivity index (χ0v) is 14.6. The van der Waals surface area contributed by atoms with E-state index in [1.165, 1.54) is 16.9 Å². The highest BCUT2D eigenvalue weighted by atomic mass is 32.1. The van der Waals surface area contributed by atoms with Gasteiger partial charge in [-0.15, -0.1) is 11.3 Å². The Kier molecular flexibility index (Phi) is 5.01. The Balaban J connectivity index is 1.90. The number of carbonyl (C=O) groups excluding carboxylic acids is 1. The molecule has 1 amide bonds. The third-order valence-corrected chi connectivity index (χ3v) is 4.86. The molecule has 0 aliphatic heterocycles. The Morgan fingerprint density at radius 2 is 1.96 bits per heavy atom. The van der Waals surface area contributed by atoms with Crippen molar-refractivity contribution in [1.29, 1.82) is 0 Å². The molecule has 3 rings (SSSR count). The van der Waals surface area contributed by atoms with Crippen molar-refractivity contribution in [2.45, 2.75) is 26.9 Å². The summed E-state index contributed by atoms with van der Waals surface area (Å²) in [6.45, 7) is 5.04. The molecule has 0 unspecified atom stereocenters. The lowest BCUT2D eigenvalue weighted by Crippen LogP contribution is -2.30. The van der Waals surface area contributed by atoms with E-state index in [-0.39, 0.29) is 5.91 Å². The van der Waals surface area contributed by atoms with Crippen molar-refractivity contribution in [3.8, 4) is 0 Å². The Morgan fingerprint density at radius 3 is 2.62 bits per heavy atom. The Morgan fingerprint density at radius 1 is 1.12 bits per heavy atom. The smallest absolute Gasteiger partial charge is 0.266 e. The summed E-state index contributed by atoms with van der Waals surface area (Å²) in [5.74, 6) is 0.0158. The third-order valence-electron chi connectivity index (χ3n) is 3.95. The van der Waals surface area contributed by atoms with Crippen molar-refractivity contribution in [2.24, 2.45) is 0 Å². The molecule has 2 aromatic heterocycles. The van der Waals surface area contributed by atoms with E-state index in [2.05, 4.69) is 29.0 Å². The maximum atomic E-state index is 13.0. The van der Waals surface area contributed by atoms with E-state index in [0.29, 0.717) is 18.0 Å². The van der Waals surface area contributed by atoms with Gasteiger partial charge in [0.05, 0.1) is 11.2 Å². The van der Waals surface area contributed by atoms with Crippen molar-refractivity contribution in [2.75, 3.05) is 0 Å². The predicted octanol–water partition coefficient (Wildman–Crippen LogP) is 4.00.